The Morgan fingerprint density at radius 1 is 1.29 bits per heavy atom. The quantitative estimate of drug-likeness (QED) is 0.509. The molecule has 2 atom stereocenters. The van der Waals surface area contributed by atoms with E-state index in [9.17, 15) is 0 Å². The topological polar surface area (TPSA) is 17.8 Å². The summed E-state index contributed by atoms with van der Waals surface area (Å²) in [7, 11) is 0. The molecule has 0 saturated carbocycles. The number of halogens is 2. The number of rotatable bonds is 3. The summed E-state index contributed by atoms with van der Waals surface area (Å²) < 4.78 is 1.81. The van der Waals surface area contributed by atoms with Gasteiger partial charge in [0.15, 0.2) is 0 Å². The number of hydrogen-bond acceptors (Lipinski definition) is 2. The van der Waals surface area contributed by atoms with Gasteiger partial charge in [0.05, 0.1) is 11.6 Å². The fourth-order valence-corrected chi connectivity index (χ4v) is 2.11. The standard InChI is InChI=1S/C11H10Cl2N2S.Na.H/c12-9-3-1-8(2-4-9)10(16)11(13)15-6-5-14-7-15;;/h1-7,10-11,16H;;/q;+1;-1. The molecular weight excluding hydrogens is 286 g/mol. The molecule has 0 radical (unpaired) electrons. The molecule has 0 fully saturated rings. The third kappa shape index (κ3) is 3.91. The van der Waals surface area contributed by atoms with E-state index >= 15 is 0 Å². The molecular formula is C11H11Cl2N2NaS. The molecule has 2 unspecified atom stereocenters. The summed E-state index contributed by atoms with van der Waals surface area (Å²) >= 11 is 16.6. The van der Waals surface area contributed by atoms with E-state index in [0.717, 1.165) is 5.56 Å². The Morgan fingerprint density at radius 3 is 2.47 bits per heavy atom. The molecule has 2 nitrogen and oxygen atoms in total. The van der Waals surface area contributed by atoms with Crippen molar-refractivity contribution in [3.05, 3.63) is 53.6 Å². The van der Waals surface area contributed by atoms with Gasteiger partial charge in [-0.2, -0.15) is 12.6 Å². The third-order valence-corrected chi connectivity index (χ3v) is 3.77. The van der Waals surface area contributed by atoms with Crippen LogP contribution in [0.1, 0.15) is 17.7 Å². The summed E-state index contributed by atoms with van der Waals surface area (Å²) in [4.78, 5) is 3.96. The summed E-state index contributed by atoms with van der Waals surface area (Å²) in [6, 6.07) is 7.51. The van der Waals surface area contributed by atoms with Gasteiger partial charge in [-0.1, -0.05) is 35.3 Å². The minimum Gasteiger partial charge on any atom is -1.00 e. The van der Waals surface area contributed by atoms with Gasteiger partial charge in [0.2, 0.25) is 0 Å². The molecule has 1 aromatic carbocycles. The average Bonchev–Trinajstić information content (AvgIpc) is 2.81. The van der Waals surface area contributed by atoms with Gasteiger partial charge >= 0.3 is 29.6 Å². The molecule has 0 spiro atoms. The van der Waals surface area contributed by atoms with Crippen molar-refractivity contribution >= 4 is 35.8 Å². The first-order valence-electron chi connectivity index (χ1n) is 4.73. The van der Waals surface area contributed by atoms with E-state index in [1.54, 1.807) is 12.5 Å². The molecule has 0 aliphatic carbocycles. The van der Waals surface area contributed by atoms with Crippen LogP contribution in [-0.4, -0.2) is 9.55 Å². The molecule has 0 amide bonds. The Balaban J connectivity index is 0.00000144. The van der Waals surface area contributed by atoms with Gasteiger partial charge in [0.25, 0.3) is 0 Å². The number of aromatic nitrogens is 2. The predicted molar refractivity (Wildman–Crippen MR) is 71.4 cm³/mol. The van der Waals surface area contributed by atoms with Gasteiger partial charge < -0.3 is 5.99 Å². The van der Waals surface area contributed by atoms with E-state index < -0.39 is 0 Å². The van der Waals surface area contributed by atoms with Gasteiger partial charge in [0.1, 0.15) is 5.50 Å². The van der Waals surface area contributed by atoms with Crippen molar-refractivity contribution in [3.63, 3.8) is 0 Å². The fourth-order valence-electron chi connectivity index (χ4n) is 1.40. The van der Waals surface area contributed by atoms with E-state index in [0.29, 0.717) is 5.02 Å². The summed E-state index contributed by atoms with van der Waals surface area (Å²) in [5, 5.41) is 0.603. The van der Waals surface area contributed by atoms with E-state index in [4.69, 9.17) is 23.2 Å². The monoisotopic (exact) mass is 296 g/mol. The van der Waals surface area contributed by atoms with Crippen molar-refractivity contribution in [2.45, 2.75) is 10.8 Å². The summed E-state index contributed by atoms with van der Waals surface area (Å²) in [6.07, 6.45) is 5.19. The second-order valence-electron chi connectivity index (χ2n) is 3.38. The molecule has 0 aliphatic rings. The summed E-state index contributed by atoms with van der Waals surface area (Å²) in [5.74, 6) is 0. The average molecular weight is 297 g/mol. The second kappa shape index (κ2) is 7.07. The van der Waals surface area contributed by atoms with E-state index in [1.807, 2.05) is 35.0 Å². The smallest absolute Gasteiger partial charge is 1.00 e. The van der Waals surface area contributed by atoms with Crippen LogP contribution in [0.15, 0.2) is 43.0 Å². The summed E-state index contributed by atoms with van der Waals surface area (Å²) in [6.45, 7) is 0. The van der Waals surface area contributed by atoms with Crippen molar-refractivity contribution in [2.24, 2.45) is 0 Å². The first-order valence-corrected chi connectivity index (χ1v) is 6.06. The van der Waals surface area contributed by atoms with E-state index in [2.05, 4.69) is 17.6 Å². The van der Waals surface area contributed by atoms with Crippen molar-refractivity contribution in [1.82, 2.24) is 9.55 Å². The minimum atomic E-state index is -0.271. The molecule has 0 N–H and O–H groups in total. The molecule has 1 aromatic heterocycles. The maximum atomic E-state index is 6.29. The Bertz CT molecular complexity index is 453. The van der Waals surface area contributed by atoms with Crippen LogP contribution in [0.2, 0.25) is 5.02 Å². The van der Waals surface area contributed by atoms with Crippen LogP contribution in [0.4, 0.5) is 0 Å². The molecule has 2 rings (SSSR count). The first-order chi connectivity index (χ1) is 7.68. The summed E-state index contributed by atoms with van der Waals surface area (Å²) in [5.41, 5.74) is 0.758. The van der Waals surface area contributed by atoms with Gasteiger partial charge in [-0.05, 0) is 17.7 Å². The number of benzene rings is 1. The van der Waals surface area contributed by atoms with Crippen LogP contribution in [0.5, 0.6) is 0 Å². The van der Waals surface area contributed by atoms with Gasteiger partial charge in [-0.3, -0.25) is 0 Å². The molecule has 0 saturated heterocycles. The molecule has 1 heterocycles. The molecule has 86 valence electrons. The Kier molecular flexibility index (Phi) is 6.41. The molecule has 6 heteroatoms. The largest absolute Gasteiger partial charge is 1.00 e. The number of nitrogens with zero attached hydrogens (tertiary/aromatic N) is 2. The van der Waals surface area contributed by atoms with Crippen LogP contribution in [0.3, 0.4) is 0 Å². The molecule has 0 aliphatic heterocycles. The number of alkyl halides is 1. The second-order valence-corrected chi connectivity index (χ2v) is 4.82. The number of hydrogen-bond donors (Lipinski definition) is 1. The maximum absolute atomic E-state index is 6.29. The Hall–Kier alpha value is 0.360. The molecule has 17 heavy (non-hydrogen) atoms. The van der Waals surface area contributed by atoms with E-state index in [1.165, 1.54) is 0 Å². The Morgan fingerprint density at radius 2 is 1.94 bits per heavy atom. The molecule has 0 bridgehead atoms. The zero-order valence-corrected chi connectivity index (χ0v) is 13.7. The fraction of sp³-hybridized carbons (Fsp3) is 0.182. The van der Waals surface area contributed by atoms with Gasteiger partial charge in [0, 0.05) is 17.4 Å². The first kappa shape index (κ1) is 15.4. The normalized spacial score (nSPS) is 13.8. The van der Waals surface area contributed by atoms with Crippen LogP contribution in [0.25, 0.3) is 0 Å². The van der Waals surface area contributed by atoms with Crippen molar-refractivity contribution < 1.29 is 31.0 Å². The number of imidazole rings is 1. The zero-order valence-electron chi connectivity index (χ0n) is 10.3. The Labute approximate surface area is 140 Å². The van der Waals surface area contributed by atoms with Gasteiger partial charge in [-0.25, -0.2) is 4.98 Å². The van der Waals surface area contributed by atoms with Crippen LogP contribution < -0.4 is 29.6 Å². The van der Waals surface area contributed by atoms with E-state index in [-0.39, 0.29) is 41.7 Å². The predicted octanol–water partition coefficient (Wildman–Crippen LogP) is 1.06. The zero-order chi connectivity index (χ0) is 11.5. The maximum Gasteiger partial charge on any atom is 1.00 e. The van der Waals surface area contributed by atoms with Crippen LogP contribution in [0, 0.1) is 0 Å². The van der Waals surface area contributed by atoms with Crippen molar-refractivity contribution in [1.29, 1.82) is 0 Å². The van der Waals surface area contributed by atoms with Gasteiger partial charge in [-0.15, -0.1) is 0 Å². The third-order valence-electron chi connectivity index (χ3n) is 2.28. The van der Waals surface area contributed by atoms with Crippen LogP contribution in [-0.2, 0) is 0 Å². The van der Waals surface area contributed by atoms with Crippen LogP contribution >= 0.6 is 35.8 Å². The number of thiol groups is 1. The van der Waals surface area contributed by atoms with Crippen molar-refractivity contribution in [2.75, 3.05) is 0 Å². The molecule has 2 aromatic rings. The minimum absolute atomic E-state index is 0. The SMILES string of the molecule is SC(c1ccc(Cl)cc1)C(Cl)n1ccnc1.[H-].[Na+]. The van der Waals surface area contributed by atoms with Crippen molar-refractivity contribution in [3.8, 4) is 0 Å².